The van der Waals surface area contributed by atoms with Crippen molar-refractivity contribution in [1.82, 2.24) is 10.6 Å². The van der Waals surface area contributed by atoms with Crippen LogP contribution in [0.25, 0.3) is 0 Å². The van der Waals surface area contributed by atoms with Gasteiger partial charge in [0.25, 0.3) is 5.91 Å². The average molecular weight is 276 g/mol. The van der Waals surface area contributed by atoms with E-state index in [9.17, 15) is 14.7 Å². The van der Waals surface area contributed by atoms with Gasteiger partial charge >= 0.3 is 0 Å². The van der Waals surface area contributed by atoms with E-state index in [-0.39, 0.29) is 30.5 Å². The average Bonchev–Trinajstić information content (AvgIpc) is 2.48. The van der Waals surface area contributed by atoms with Crippen molar-refractivity contribution in [3.8, 4) is 0 Å². The first-order chi connectivity index (χ1) is 9.65. The van der Waals surface area contributed by atoms with Gasteiger partial charge in [0.05, 0.1) is 12.6 Å². The molecule has 1 aliphatic carbocycles. The van der Waals surface area contributed by atoms with Gasteiger partial charge in [-0.15, -0.1) is 0 Å². The summed E-state index contributed by atoms with van der Waals surface area (Å²) in [4.78, 5) is 23.5. The van der Waals surface area contributed by atoms with Crippen molar-refractivity contribution in [2.75, 3.05) is 6.54 Å². The number of benzene rings is 1. The Balaban J connectivity index is 1.71. The highest BCUT2D eigenvalue weighted by Crippen LogP contribution is 2.17. The Morgan fingerprint density at radius 2 is 1.75 bits per heavy atom. The lowest BCUT2D eigenvalue weighted by atomic mass is 9.93. The van der Waals surface area contributed by atoms with Gasteiger partial charge in [-0.25, -0.2) is 0 Å². The Hall–Kier alpha value is -1.88. The van der Waals surface area contributed by atoms with Crippen molar-refractivity contribution in [3.63, 3.8) is 0 Å². The highest BCUT2D eigenvalue weighted by atomic mass is 16.3. The van der Waals surface area contributed by atoms with Crippen LogP contribution in [0.1, 0.15) is 36.0 Å². The Kier molecular flexibility index (Phi) is 5.12. The first kappa shape index (κ1) is 14.5. The van der Waals surface area contributed by atoms with Crippen LogP contribution < -0.4 is 10.6 Å². The van der Waals surface area contributed by atoms with E-state index in [0.29, 0.717) is 5.56 Å². The number of nitrogens with one attached hydrogen (secondary N) is 2. The lowest BCUT2D eigenvalue weighted by Crippen LogP contribution is -2.43. The molecule has 2 amide bonds. The predicted octanol–water partition coefficient (Wildman–Crippen LogP) is 0.836. The second kappa shape index (κ2) is 7.05. The molecule has 2 rings (SSSR count). The van der Waals surface area contributed by atoms with E-state index in [2.05, 4.69) is 10.6 Å². The van der Waals surface area contributed by atoms with Crippen LogP contribution in [0.3, 0.4) is 0 Å². The number of aliphatic hydroxyl groups excluding tert-OH is 1. The van der Waals surface area contributed by atoms with Crippen LogP contribution in [0.2, 0.25) is 0 Å². The molecule has 5 nitrogen and oxygen atoms in total. The molecule has 0 atom stereocenters. The van der Waals surface area contributed by atoms with Gasteiger partial charge < -0.3 is 15.7 Å². The molecule has 1 aliphatic rings. The Morgan fingerprint density at radius 3 is 2.40 bits per heavy atom. The van der Waals surface area contributed by atoms with Crippen LogP contribution in [0, 0.1) is 0 Å². The van der Waals surface area contributed by atoms with Crippen LogP contribution in [0.4, 0.5) is 0 Å². The van der Waals surface area contributed by atoms with E-state index in [4.69, 9.17) is 0 Å². The lowest BCUT2D eigenvalue weighted by Gasteiger charge is -2.26. The maximum atomic E-state index is 11.8. The summed E-state index contributed by atoms with van der Waals surface area (Å²) in [6, 6.07) is 8.91. The summed E-state index contributed by atoms with van der Waals surface area (Å²) in [6.45, 7) is -0.0211. The molecular formula is C15H20N2O3. The van der Waals surface area contributed by atoms with Crippen molar-refractivity contribution in [2.24, 2.45) is 0 Å². The molecular weight excluding hydrogens is 256 g/mol. The van der Waals surface area contributed by atoms with Crippen LogP contribution >= 0.6 is 0 Å². The van der Waals surface area contributed by atoms with Crippen LogP contribution in [0.5, 0.6) is 0 Å². The second-order valence-corrected chi connectivity index (χ2v) is 5.12. The molecule has 3 N–H and O–H groups in total. The number of hydrogen-bond donors (Lipinski definition) is 3. The number of carbonyl (C=O) groups excluding carboxylic acids is 2. The third-order valence-electron chi connectivity index (χ3n) is 3.51. The summed E-state index contributed by atoms with van der Waals surface area (Å²) in [7, 11) is 0. The molecule has 108 valence electrons. The number of amides is 2. The van der Waals surface area contributed by atoms with Gasteiger partial charge in [-0.1, -0.05) is 18.2 Å². The van der Waals surface area contributed by atoms with Crippen LogP contribution in [-0.2, 0) is 4.79 Å². The number of aliphatic hydroxyl groups is 1. The van der Waals surface area contributed by atoms with Gasteiger partial charge in [0, 0.05) is 11.6 Å². The zero-order valence-electron chi connectivity index (χ0n) is 11.3. The second-order valence-electron chi connectivity index (χ2n) is 5.12. The third-order valence-corrected chi connectivity index (χ3v) is 3.51. The normalized spacial score (nSPS) is 22.1. The Bertz CT molecular complexity index is 453. The van der Waals surface area contributed by atoms with E-state index < -0.39 is 0 Å². The molecule has 5 heteroatoms. The lowest BCUT2D eigenvalue weighted by molar-refractivity contribution is -0.121. The highest BCUT2D eigenvalue weighted by Gasteiger charge is 2.20. The first-order valence-corrected chi connectivity index (χ1v) is 6.96. The third kappa shape index (κ3) is 4.35. The van der Waals surface area contributed by atoms with Crippen molar-refractivity contribution in [3.05, 3.63) is 35.9 Å². The highest BCUT2D eigenvalue weighted by molar-refractivity contribution is 5.96. The molecule has 0 bridgehead atoms. The summed E-state index contributed by atoms with van der Waals surface area (Å²) < 4.78 is 0. The van der Waals surface area contributed by atoms with Crippen LogP contribution in [0.15, 0.2) is 30.3 Å². The zero-order valence-corrected chi connectivity index (χ0v) is 11.3. The van der Waals surface area contributed by atoms with Crippen LogP contribution in [-0.4, -0.2) is 35.6 Å². The van der Waals surface area contributed by atoms with Crippen molar-refractivity contribution in [2.45, 2.75) is 37.8 Å². The molecule has 1 fully saturated rings. The summed E-state index contributed by atoms with van der Waals surface area (Å²) >= 11 is 0. The molecule has 20 heavy (non-hydrogen) atoms. The molecule has 0 unspecified atom stereocenters. The summed E-state index contributed by atoms with van der Waals surface area (Å²) in [6.07, 6.45) is 2.79. The van der Waals surface area contributed by atoms with Gasteiger partial charge in [-0.05, 0) is 37.8 Å². The fourth-order valence-electron chi connectivity index (χ4n) is 2.35. The maximum Gasteiger partial charge on any atom is 0.251 e. The summed E-state index contributed by atoms with van der Waals surface area (Å²) in [5.74, 6) is -0.435. The molecule has 0 aromatic heterocycles. The minimum atomic E-state index is -0.250. The van der Waals surface area contributed by atoms with Crippen molar-refractivity contribution >= 4 is 11.8 Å². The molecule has 0 radical (unpaired) electrons. The molecule has 1 aromatic rings. The maximum absolute atomic E-state index is 11.8. The Morgan fingerprint density at radius 1 is 1.10 bits per heavy atom. The predicted molar refractivity (Wildman–Crippen MR) is 75.2 cm³/mol. The molecule has 0 saturated heterocycles. The molecule has 0 spiro atoms. The summed E-state index contributed by atoms with van der Waals surface area (Å²) in [5.41, 5.74) is 0.543. The van der Waals surface area contributed by atoms with Gasteiger partial charge in [0.1, 0.15) is 0 Å². The topological polar surface area (TPSA) is 78.4 Å². The quantitative estimate of drug-likeness (QED) is 0.762. The minimum Gasteiger partial charge on any atom is -0.393 e. The van der Waals surface area contributed by atoms with E-state index in [0.717, 1.165) is 25.7 Å². The number of rotatable bonds is 4. The smallest absolute Gasteiger partial charge is 0.251 e. The van der Waals surface area contributed by atoms with Crippen molar-refractivity contribution < 1.29 is 14.7 Å². The summed E-state index contributed by atoms with van der Waals surface area (Å²) in [5, 5.41) is 14.9. The van der Waals surface area contributed by atoms with Crippen molar-refractivity contribution in [1.29, 1.82) is 0 Å². The first-order valence-electron chi connectivity index (χ1n) is 6.96. The van der Waals surface area contributed by atoms with E-state index in [1.807, 2.05) is 6.07 Å². The largest absolute Gasteiger partial charge is 0.393 e. The standard InChI is InChI=1S/C15H20N2O3/c18-13-8-6-12(7-9-13)17-14(19)10-16-15(20)11-4-2-1-3-5-11/h1-5,12-13,18H,6-10H2,(H,16,20)(H,17,19). The number of hydrogen-bond acceptors (Lipinski definition) is 3. The van der Waals surface area contributed by atoms with E-state index in [1.54, 1.807) is 24.3 Å². The van der Waals surface area contributed by atoms with Gasteiger partial charge in [-0.3, -0.25) is 9.59 Å². The fraction of sp³-hybridized carbons (Fsp3) is 0.467. The molecule has 0 heterocycles. The van der Waals surface area contributed by atoms with Gasteiger partial charge in [-0.2, -0.15) is 0 Å². The zero-order chi connectivity index (χ0) is 14.4. The molecule has 1 aromatic carbocycles. The SMILES string of the molecule is O=C(CNC(=O)c1ccccc1)NC1CCC(O)CC1. The number of carbonyl (C=O) groups is 2. The molecule has 0 aliphatic heterocycles. The fourth-order valence-corrected chi connectivity index (χ4v) is 2.35. The minimum absolute atomic E-state index is 0.0211. The van der Waals surface area contributed by atoms with E-state index >= 15 is 0 Å². The van der Waals surface area contributed by atoms with Gasteiger partial charge in [0.15, 0.2) is 0 Å². The Labute approximate surface area is 118 Å². The monoisotopic (exact) mass is 276 g/mol. The van der Waals surface area contributed by atoms with E-state index in [1.165, 1.54) is 0 Å². The molecule has 1 saturated carbocycles. The van der Waals surface area contributed by atoms with Gasteiger partial charge in [0.2, 0.25) is 5.91 Å².